The average molecular weight is 315 g/mol. The van der Waals surface area contributed by atoms with Crippen molar-refractivity contribution in [3.8, 4) is 0 Å². The van der Waals surface area contributed by atoms with Crippen LogP contribution in [0.15, 0.2) is 30.3 Å². The Balaban J connectivity index is 0.00000200. The van der Waals surface area contributed by atoms with Crippen molar-refractivity contribution in [1.29, 1.82) is 0 Å². The van der Waals surface area contributed by atoms with Crippen molar-refractivity contribution in [1.82, 2.24) is 4.90 Å². The third kappa shape index (κ3) is 4.14. The fourth-order valence-electron chi connectivity index (χ4n) is 2.47. The molecule has 0 aromatic heterocycles. The molecule has 112 valence electrons. The number of rotatable bonds is 4. The monoisotopic (exact) mass is 314 g/mol. The summed E-state index contributed by atoms with van der Waals surface area (Å²) in [6.45, 7) is 2.87. The number of carbonyl (C=O) groups excluding carboxylic acids is 1. The lowest BCUT2D eigenvalue weighted by Crippen LogP contribution is -2.48. The van der Waals surface area contributed by atoms with Gasteiger partial charge < -0.3 is 10.6 Å². The first-order valence-electron chi connectivity index (χ1n) is 6.92. The standard InChI is InChI=1S/C15H22N2OS.ClH/c1-2-6-13(16)15(18)17-9-10-19-11-14(17)12-7-4-3-5-8-12;/h3-5,7-8,13-14H,2,6,9-11,16H2,1H3;1H. The lowest BCUT2D eigenvalue weighted by atomic mass is 10.0. The summed E-state index contributed by atoms with van der Waals surface area (Å²) in [4.78, 5) is 14.4. The number of halogens is 1. The van der Waals surface area contributed by atoms with E-state index in [0.29, 0.717) is 0 Å². The minimum Gasteiger partial charge on any atom is -0.333 e. The summed E-state index contributed by atoms with van der Waals surface area (Å²) >= 11 is 1.91. The molecule has 0 radical (unpaired) electrons. The van der Waals surface area contributed by atoms with E-state index in [-0.39, 0.29) is 30.4 Å². The van der Waals surface area contributed by atoms with Gasteiger partial charge in [-0.1, -0.05) is 43.7 Å². The van der Waals surface area contributed by atoms with Crippen molar-refractivity contribution >= 4 is 30.1 Å². The maximum atomic E-state index is 12.5. The van der Waals surface area contributed by atoms with Gasteiger partial charge in [0.2, 0.25) is 5.91 Å². The van der Waals surface area contributed by atoms with Crippen molar-refractivity contribution in [3.63, 3.8) is 0 Å². The molecule has 1 saturated heterocycles. The van der Waals surface area contributed by atoms with E-state index in [1.54, 1.807) is 0 Å². The van der Waals surface area contributed by atoms with Crippen molar-refractivity contribution in [2.45, 2.75) is 31.8 Å². The van der Waals surface area contributed by atoms with Crippen LogP contribution in [-0.2, 0) is 4.79 Å². The van der Waals surface area contributed by atoms with Crippen LogP contribution in [0, 0.1) is 0 Å². The Morgan fingerprint density at radius 3 is 2.80 bits per heavy atom. The smallest absolute Gasteiger partial charge is 0.240 e. The van der Waals surface area contributed by atoms with E-state index in [9.17, 15) is 4.79 Å². The Morgan fingerprint density at radius 2 is 2.15 bits per heavy atom. The second-order valence-electron chi connectivity index (χ2n) is 4.93. The maximum absolute atomic E-state index is 12.5. The van der Waals surface area contributed by atoms with E-state index >= 15 is 0 Å². The Labute approximate surface area is 131 Å². The lowest BCUT2D eigenvalue weighted by molar-refractivity contribution is -0.134. The molecule has 1 aromatic carbocycles. The highest BCUT2D eigenvalue weighted by Crippen LogP contribution is 2.30. The normalized spacial score (nSPS) is 20.1. The summed E-state index contributed by atoms with van der Waals surface area (Å²) in [6.07, 6.45) is 1.72. The van der Waals surface area contributed by atoms with Crippen LogP contribution < -0.4 is 5.73 Å². The quantitative estimate of drug-likeness (QED) is 0.929. The predicted octanol–water partition coefficient (Wildman–Crippen LogP) is 2.85. The van der Waals surface area contributed by atoms with E-state index in [4.69, 9.17) is 5.73 Å². The van der Waals surface area contributed by atoms with Crippen LogP contribution in [0.3, 0.4) is 0 Å². The Kier molecular flexibility index (Phi) is 7.41. The van der Waals surface area contributed by atoms with Crippen LogP contribution in [0.1, 0.15) is 31.4 Å². The summed E-state index contributed by atoms with van der Waals surface area (Å²) in [5, 5.41) is 0. The summed E-state index contributed by atoms with van der Waals surface area (Å²) in [7, 11) is 0. The molecule has 5 heteroatoms. The van der Waals surface area contributed by atoms with Gasteiger partial charge in [-0.25, -0.2) is 0 Å². The molecule has 2 rings (SSSR count). The Hall–Kier alpha value is -0.710. The lowest BCUT2D eigenvalue weighted by Gasteiger charge is -2.37. The van der Waals surface area contributed by atoms with Gasteiger partial charge >= 0.3 is 0 Å². The van der Waals surface area contributed by atoms with Crippen LogP contribution >= 0.6 is 24.2 Å². The molecule has 0 bridgehead atoms. The molecule has 3 nitrogen and oxygen atoms in total. The largest absolute Gasteiger partial charge is 0.333 e. The summed E-state index contributed by atoms with van der Waals surface area (Å²) < 4.78 is 0. The molecular weight excluding hydrogens is 292 g/mol. The molecule has 2 atom stereocenters. The van der Waals surface area contributed by atoms with Gasteiger partial charge in [-0.2, -0.15) is 11.8 Å². The number of amides is 1. The number of benzene rings is 1. The number of hydrogen-bond acceptors (Lipinski definition) is 3. The molecule has 0 spiro atoms. The van der Waals surface area contributed by atoms with E-state index < -0.39 is 0 Å². The third-order valence-electron chi connectivity index (χ3n) is 3.51. The molecule has 1 heterocycles. The van der Waals surface area contributed by atoms with Gasteiger partial charge in [0.15, 0.2) is 0 Å². The van der Waals surface area contributed by atoms with Crippen molar-refractivity contribution < 1.29 is 4.79 Å². The number of carbonyl (C=O) groups is 1. The molecule has 1 aliphatic rings. The van der Waals surface area contributed by atoms with Crippen LogP contribution in [0.4, 0.5) is 0 Å². The molecule has 1 aromatic rings. The SMILES string of the molecule is CCCC(N)C(=O)N1CCSCC1c1ccccc1.Cl. The zero-order chi connectivity index (χ0) is 13.7. The fourth-order valence-corrected chi connectivity index (χ4v) is 3.55. The van der Waals surface area contributed by atoms with Crippen LogP contribution in [0.25, 0.3) is 0 Å². The first kappa shape index (κ1) is 17.3. The summed E-state index contributed by atoms with van der Waals surface area (Å²) in [5.41, 5.74) is 7.22. The second-order valence-corrected chi connectivity index (χ2v) is 6.08. The van der Waals surface area contributed by atoms with Gasteiger partial charge in [0.25, 0.3) is 0 Å². The number of nitrogens with two attached hydrogens (primary N) is 1. The highest BCUT2D eigenvalue weighted by atomic mass is 35.5. The fraction of sp³-hybridized carbons (Fsp3) is 0.533. The average Bonchev–Trinajstić information content (AvgIpc) is 2.47. The van der Waals surface area contributed by atoms with Gasteiger partial charge in [-0.3, -0.25) is 4.79 Å². The van der Waals surface area contributed by atoms with Crippen LogP contribution in [0.2, 0.25) is 0 Å². The first-order valence-corrected chi connectivity index (χ1v) is 8.08. The Bertz CT molecular complexity index is 416. The molecule has 2 unspecified atom stereocenters. The molecule has 0 aliphatic carbocycles. The van der Waals surface area contributed by atoms with Crippen molar-refractivity contribution in [2.75, 3.05) is 18.1 Å². The van der Waals surface area contributed by atoms with Gasteiger partial charge in [0.1, 0.15) is 0 Å². The first-order chi connectivity index (χ1) is 9.24. The van der Waals surface area contributed by atoms with Gasteiger partial charge in [-0.05, 0) is 12.0 Å². The van der Waals surface area contributed by atoms with E-state index in [1.807, 2.05) is 34.9 Å². The second kappa shape index (κ2) is 8.55. The summed E-state index contributed by atoms with van der Waals surface area (Å²) in [6, 6.07) is 10.1. The molecule has 1 aliphatic heterocycles. The van der Waals surface area contributed by atoms with Gasteiger partial charge in [-0.15, -0.1) is 12.4 Å². The zero-order valence-electron chi connectivity index (χ0n) is 11.8. The Morgan fingerprint density at radius 1 is 1.45 bits per heavy atom. The highest BCUT2D eigenvalue weighted by molar-refractivity contribution is 7.99. The topological polar surface area (TPSA) is 46.3 Å². The molecular formula is C15H23ClN2OS. The van der Waals surface area contributed by atoms with Crippen molar-refractivity contribution in [2.24, 2.45) is 5.73 Å². The minimum absolute atomic E-state index is 0. The molecule has 0 saturated carbocycles. The molecule has 2 N–H and O–H groups in total. The van der Waals surface area contributed by atoms with Crippen LogP contribution in [0.5, 0.6) is 0 Å². The van der Waals surface area contributed by atoms with Crippen LogP contribution in [-0.4, -0.2) is 34.9 Å². The summed E-state index contributed by atoms with van der Waals surface area (Å²) in [5.74, 6) is 2.08. The molecule has 1 amide bonds. The van der Waals surface area contributed by atoms with E-state index in [0.717, 1.165) is 30.9 Å². The molecule has 1 fully saturated rings. The predicted molar refractivity (Wildman–Crippen MR) is 88.4 cm³/mol. The number of hydrogen-bond donors (Lipinski definition) is 1. The van der Waals surface area contributed by atoms with Gasteiger partial charge in [0.05, 0.1) is 12.1 Å². The zero-order valence-corrected chi connectivity index (χ0v) is 13.5. The van der Waals surface area contributed by atoms with Gasteiger partial charge in [0, 0.05) is 18.1 Å². The minimum atomic E-state index is -0.348. The number of thioether (sulfide) groups is 1. The maximum Gasteiger partial charge on any atom is 0.240 e. The van der Waals surface area contributed by atoms with Crippen molar-refractivity contribution in [3.05, 3.63) is 35.9 Å². The van der Waals surface area contributed by atoms with E-state index in [2.05, 4.69) is 19.1 Å². The molecule has 20 heavy (non-hydrogen) atoms. The highest BCUT2D eigenvalue weighted by Gasteiger charge is 2.30. The number of nitrogens with zero attached hydrogens (tertiary/aromatic N) is 1. The third-order valence-corrected chi connectivity index (χ3v) is 4.54. The van der Waals surface area contributed by atoms with E-state index in [1.165, 1.54) is 5.56 Å².